The quantitative estimate of drug-likeness (QED) is 0.852. The van der Waals surface area contributed by atoms with Crippen LogP contribution in [0.5, 0.6) is 0 Å². The molecular weight excluding hydrogens is 216 g/mol. The average molecular weight is 238 g/mol. The van der Waals surface area contributed by atoms with E-state index in [-0.39, 0.29) is 0 Å². The summed E-state index contributed by atoms with van der Waals surface area (Å²) in [7, 11) is 1.75. The maximum Gasteiger partial charge on any atom is 0.0823 e. The zero-order chi connectivity index (χ0) is 12.3. The lowest BCUT2D eigenvalue weighted by Crippen LogP contribution is -2.36. The van der Waals surface area contributed by atoms with Crippen LogP contribution in [-0.2, 0) is 4.74 Å². The fourth-order valence-corrected chi connectivity index (χ4v) is 2.31. The van der Waals surface area contributed by atoms with Gasteiger partial charge in [0.25, 0.3) is 0 Å². The van der Waals surface area contributed by atoms with Gasteiger partial charge in [0.15, 0.2) is 0 Å². The molecule has 0 atom stereocenters. The molecule has 0 amide bonds. The Hall–Kier alpha value is -1.07. The zero-order valence-electron chi connectivity index (χ0n) is 10.7. The molecule has 2 rings (SSSR count). The molecule has 0 spiro atoms. The van der Waals surface area contributed by atoms with E-state index in [0.717, 1.165) is 50.5 Å². The molecule has 1 aromatic rings. The molecule has 0 saturated carbocycles. The molecule has 1 aliphatic rings. The van der Waals surface area contributed by atoms with Crippen LogP contribution in [-0.4, -0.2) is 48.0 Å². The first kappa shape index (κ1) is 12.4. The van der Waals surface area contributed by atoms with Crippen molar-refractivity contribution in [2.45, 2.75) is 25.8 Å². The minimum atomic E-state index is 0.504. The molecule has 5 nitrogen and oxygen atoms in total. The standard InChI is InChI=1S/C12H22N4O/c1-10-12(13)9-16(14-10)11-3-5-15(6-4-11)7-8-17-2/h9,11H,3-8,13H2,1-2H3. The molecule has 2 heterocycles. The van der Waals surface area contributed by atoms with Crippen LogP contribution in [0.2, 0.25) is 0 Å². The summed E-state index contributed by atoms with van der Waals surface area (Å²) in [6.07, 6.45) is 4.25. The van der Waals surface area contributed by atoms with Crippen molar-refractivity contribution in [2.75, 3.05) is 39.1 Å². The highest BCUT2D eigenvalue weighted by Gasteiger charge is 2.21. The van der Waals surface area contributed by atoms with Crippen LogP contribution in [0.15, 0.2) is 6.20 Å². The van der Waals surface area contributed by atoms with E-state index in [1.807, 2.05) is 17.8 Å². The Morgan fingerprint density at radius 1 is 1.47 bits per heavy atom. The van der Waals surface area contributed by atoms with E-state index in [0.29, 0.717) is 6.04 Å². The number of nitrogens with zero attached hydrogens (tertiary/aromatic N) is 3. The van der Waals surface area contributed by atoms with Gasteiger partial charge in [0.05, 0.1) is 24.0 Å². The molecule has 0 bridgehead atoms. The predicted molar refractivity (Wildman–Crippen MR) is 68.0 cm³/mol. The number of methoxy groups -OCH3 is 1. The van der Waals surface area contributed by atoms with Gasteiger partial charge >= 0.3 is 0 Å². The van der Waals surface area contributed by atoms with Crippen molar-refractivity contribution in [3.8, 4) is 0 Å². The SMILES string of the molecule is COCCN1CCC(n2cc(N)c(C)n2)CC1. The van der Waals surface area contributed by atoms with Gasteiger partial charge in [-0.05, 0) is 19.8 Å². The van der Waals surface area contributed by atoms with Crippen molar-refractivity contribution >= 4 is 5.69 Å². The third-order valence-electron chi connectivity index (χ3n) is 3.50. The summed E-state index contributed by atoms with van der Waals surface area (Å²) in [4.78, 5) is 2.44. The number of hydrogen-bond acceptors (Lipinski definition) is 4. The molecule has 17 heavy (non-hydrogen) atoms. The van der Waals surface area contributed by atoms with Crippen LogP contribution in [0.3, 0.4) is 0 Å². The fraction of sp³-hybridized carbons (Fsp3) is 0.750. The summed E-state index contributed by atoms with van der Waals surface area (Å²) >= 11 is 0. The van der Waals surface area contributed by atoms with Gasteiger partial charge in [-0.15, -0.1) is 0 Å². The van der Waals surface area contributed by atoms with Gasteiger partial charge in [-0.2, -0.15) is 5.10 Å². The number of aryl methyl sites for hydroxylation is 1. The highest BCUT2D eigenvalue weighted by atomic mass is 16.5. The minimum Gasteiger partial charge on any atom is -0.396 e. The summed E-state index contributed by atoms with van der Waals surface area (Å²) in [6.45, 7) is 6.04. The molecular formula is C12H22N4O. The summed E-state index contributed by atoms with van der Waals surface area (Å²) < 4.78 is 7.14. The average Bonchev–Trinajstić information content (AvgIpc) is 2.68. The lowest BCUT2D eigenvalue weighted by molar-refractivity contribution is 0.119. The lowest BCUT2D eigenvalue weighted by Gasteiger charge is -2.31. The maximum atomic E-state index is 5.83. The monoisotopic (exact) mass is 238 g/mol. The van der Waals surface area contributed by atoms with Crippen molar-refractivity contribution in [1.82, 2.24) is 14.7 Å². The predicted octanol–water partition coefficient (Wildman–Crippen LogP) is 1.06. The Labute approximate surface area is 103 Å². The molecule has 1 aliphatic heterocycles. The number of rotatable bonds is 4. The Bertz CT molecular complexity index is 336. The summed E-state index contributed by atoms with van der Waals surface area (Å²) in [5, 5.41) is 4.47. The lowest BCUT2D eigenvalue weighted by atomic mass is 10.1. The van der Waals surface area contributed by atoms with Gasteiger partial charge in [0.2, 0.25) is 0 Å². The van der Waals surface area contributed by atoms with Crippen LogP contribution < -0.4 is 5.73 Å². The Kier molecular flexibility index (Phi) is 4.02. The molecule has 0 radical (unpaired) electrons. The second kappa shape index (κ2) is 5.51. The van der Waals surface area contributed by atoms with Crippen LogP contribution >= 0.6 is 0 Å². The van der Waals surface area contributed by atoms with E-state index in [4.69, 9.17) is 10.5 Å². The first-order chi connectivity index (χ1) is 8.20. The first-order valence-electron chi connectivity index (χ1n) is 6.23. The number of nitrogen functional groups attached to an aromatic ring is 1. The van der Waals surface area contributed by atoms with E-state index < -0.39 is 0 Å². The highest BCUT2D eigenvalue weighted by molar-refractivity contribution is 5.39. The Balaban J connectivity index is 1.86. The van der Waals surface area contributed by atoms with Crippen molar-refractivity contribution in [2.24, 2.45) is 0 Å². The molecule has 5 heteroatoms. The van der Waals surface area contributed by atoms with Crippen molar-refractivity contribution in [1.29, 1.82) is 0 Å². The molecule has 96 valence electrons. The van der Waals surface area contributed by atoms with Gasteiger partial charge in [-0.3, -0.25) is 4.68 Å². The van der Waals surface area contributed by atoms with E-state index in [1.165, 1.54) is 0 Å². The Morgan fingerprint density at radius 3 is 2.71 bits per heavy atom. The number of anilines is 1. The molecule has 1 aromatic heterocycles. The summed E-state index contributed by atoms with van der Waals surface area (Å²) in [5.41, 5.74) is 7.56. The normalized spacial score (nSPS) is 18.7. The van der Waals surface area contributed by atoms with Gasteiger partial charge in [0, 0.05) is 32.9 Å². The number of nitrogens with two attached hydrogens (primary N) is 1. The van der Waals surface area contributed by atoms with Gasteiger partial charge < -0.3 is 15.4 Å². The van der Waals surface area contributed by atoms with E-state index >= 15 is 0 Å². The molecule has 0 unspecified atom stereocenters. The van der Waals surface area contributed by atoms with Gasteiger partial charge in [-0.1, -0.05) is 0 Å². The van der Waals surface area contributed by atoms with E-state index in [1.54, 1.807) is 7.11 Å². The van der Waals surface area contributed by atoms with E-state index in [2.05, 4.69) is 10.00 Å². The van der Waals surface area contributed by atoms with Gasteiger partial charge in [0.1, 0.15) is 0 Å². The van der Waals surface area contributed by atoms with Crippen LogP contribution in [0.4, 0.5) is 5.69 Å². The number of piperidine rings is 1. The summed E-state index contributed by atoms with van der Waals surface area (Å²) in [5.74, 6) is 0. The van der Waals surface area contributed by atoms with Crippen molar-refractivity contribution in [3.05, 3.63) is 11.9 Å². The molecule has 1 saturated heterocycles. The maximum absolute atomic E-state index is 5.83. The smallest absolute Gasteiger partial charge is 0.0823 e. The third kappa shape index (κ3) is 2.98. The minimum absolute atomic E-state index is 0.504. The van der Waals surface area contributed by atoms with Crippen LogP contribution in [0, 0.1) is 6.92 Å². The first-order valence-corrected chi connectivity index (χ1v) is 6.23. The third-order valence-corrected chi connectivity index (χ3v) is 3.50. The topological polar surface area (TPSA) is 56.3 Å². The van der Waals surface area contributed by atoms with Crippen LogP contribution in [0.25, 0.3) is 0 Å². The van der Waals surface area contributed by atoms with E-state index in [9.17, 15) is 0 Å². The van der Waals surface area contributed by atoms with Gasteiger partial charge in [-0.25, -0.2) is 0 Å². The second-order valence-corrected chi connectivity index (χ2v) is 4.72. The number of aromatic nitrogens is 2. The fourth-order valence-electron chi connectivity index (χ4n) is 2.31. The van der Waals surface area contributed by atoms with Crippen LogP contribution in [0.1, 0.15) is 24.6 Å². The molecule has 0 aliphatic carbocycles. The van der Waals surface area contributed by atoms with Crippen molar-refractivity contribution < 1.29 is 4.74 Å². The zero-order valence-corrected chi connectivity index (χ0v) is 10.7. The highest BCUT2D eigenvalue weighted by Crippen LogP contribution is 2.23. The second-order valence-electron chi connectivity index (χ2n) is 4.72. The molecule has 2 N–H and O–H groups in total. The summed E-state index contributed by atoms with van der Waals surface area (Å²) in [6, 6.07) is 0.504. The number of likely N-dealkylation sites (tertiary alicyclic amines) is 1. The Morgan fingerprint density at radius 2 is 2.18 bits per heavy atom. The molecule has 0 aromatic carbocycles. The van der Waals surface area contributed by atoms with Crippen molar-refractivity contribution in [3.63, 3.8) is 0 Å². The number of ether oxygens (including phenoxy) is 1. The number of hydrogen-bond donors (Lipinski definition) is 1. The molecule has 1 fully saturated rings. The largest absolute Gasteiger partial charge is 0.396 e.